The minimum Gasteiger partial charge on any atom is -0.253 e. The summed E-state index contributed by atoms with van der Waals surface area (Å²) in [6.07, 6.45) is 0. The molecule has 0 aliphatic rings. The van der Waals surface area contributed by atoms with Crippen molar-refractivity contribution in [3.05, 3.63) is 30.3 Å². The van der Waals surface area contributed by atoms with E-state index >= 15 is 0 Å². The molecule has 0 fully saturated rings. The van der Waals surface area contributed by atoms with Crippen LogP contribution in [-0.4, -0.2) is 23.5 Å². The van der Waals surface area contributed by atoms with Crippen LogP contribution in [-0.2, 0) is 10.0 Å². The summed E-state index contributed by atoms with van der Waals surface area (Å²) in [5, 5.41) is 0.878. The molecule has 1 N–H and O–H groups in total. The minimum absolute atomic E-state index is 0.213. The zero-order valence-electron chi connectivity index (χ0n) is 9.53. The predicted molar refractivity (Wildman–Crippen MR) is 73.6 cm³/mol. The fourth-order valence-corrected chi connectivity index (χ4v) is 3.73. The number of anilines is 1. The molecule has 0 aliphatic heterocycles. The van der Waals surface area contributed by atoms with E-state index in [0.717, 1.165) is 17.3 Å². The van der Waals surface area contributed by atoms with Gasteiger partial charge in [-0.3, -0.25) is 4.72 Å². The number of hydrogen-bond donors (Lipinski definition) is 1. The van der Waals surface area contributed by atoms with Gasteiger partial charge >= 0.3 is 0 Å². The molecule has 1 aromatic carbocycles. The first-order valence-corrected chi connectivity index (χ1v) is 8.40. The maximum atomic E-state index is 12.0. The van der Waals surface area contributed by atoms with Crippen LogP contribution in [0.1, 0.15) is 6.92 Å². The van der Waals surface area contributed by atoms with Gasteiger partial charge in [0.2, 0.25) is 10.3 Å². The van der Waals surface area contributed by atoms with Crippen molar-refractivity contribution in [1.82, 2.24) is 9.36 Å². The molecule has 0 amide bonds. The Kier molecular flexibility index (Phi) is 4.20. The van der Waals surface area contributed by atoms with Crippen molar-refractivity contribution in [1.29, 1.82) is 0 Å². The highest BCUT2D eigenvalue weighted by Gasteiger charge is 2.16. The zero-order chi connectivity index (χ0) is 13.0. The normalized spacial score (nSPS) is 11.4. The van der Waals surface area contributed by atoms with E-state index in [0.29, 0.717) is 5.16 Å². The molecular weight excluding hydrogens is 290 g/mol. The molecule has 1 aromatic heterocycles. The van der Waals surface area contributed by atoms with E-state index in [9.17, 15) is 8.42 Å². The molecule has 8 heteroatoms. The molecule has 2 aromatic rings. The molecule has 5 nitrogen and oxygen atoms in total. The summed E-state index contributed by atoms with van der Waals surface area (Å²) >= 11 is 2.51. The first-order chi connectivity index (χ1) is 8.62. The molecular formula is C10H11N3O2S3. The SMILES string of the molecule is CCSc1nsc(NS(=O)(=O)c2ccccc2)n1. The summed E-state index contributed by atoms with van der Waals surface area (Å²) in [6, 6.07) is 8.18. The van der Waals surface area contributed by atoms with Crippen molar-refractivity contribution in [3.8, 4) is 0 Å². The molecule has 1 heterocycles. The molecule has 96 valence electrons. The van der Waals surface area contributed by atoms with Gasteiger partial charge in [0.15, 0.2) is 0 Å². The lowest BCUT2D eigenvalue weighted by Gasteiger charge is -2.03. The zero-order valence-corrected chi connectivity index (χ0v) is 12.0. The number of sulfonamides is 1. The summed E-state index contributed by atoms with van der Waals surface area (Å²) in [7, 11) is -3.57. The standard InChI is InChI=1S/C10H11N3O2S3/c1-2-16-9-11-10(17-12-9)13-18(14,15)8-6-4-3-5-7-8/h3-7H,2H2,1H3,(H,11,12,13). The van der Waals surface area contributed by atoms with Gasteiger partial charge in [-0.15, -0.1) is 0 Å². The van der Waals surface area contributed by atoms with Crippen molar-refractivity contribution in [2.75, 3.05) is 10.5 Å². The molecule has 18 heavy (non-hydrogen) atoms. The second-order valence-electron chi connectivity index (χ2n) is 3.23. The molecule has 0 spiro atoms. The van der Waals surface area contributed by atoms with Crippen molar-refractivity contribution in [2.45, 2.75) is 17.0 Å². The molecule has 0 bridgehead atoms. The van der Waals surface area contributed by atoms with Gasteiger partial charge in [-0.05, 0) is 17.9 Å². The van der Waals surface area contributed by atoms with E-state index in [-0.39, 0.29) is 10.0 Å². The maximum absolute atomic E-state index is 12.0. The predicted octanol–water partition coefficient (Wildman–Crippen LogP) is 2.45. The van der Waals surface area contributed by atoms with Crippen molar-refractivity contribution in [3.63, 3.8) is 0 Å². The van der Waals surface area contributed by atoms with E-state index in [4.69, 9.17) is 0 Å². The van der Waals surface area contributed by atoms with Gasteiger partial charge in [0.05, 0.1) is 4.90 Å². The van der Waals surface area contributed by atoms with Crippen molar-refractivity contribution >= 4 is 38.4 Å². The summed E-state index contributed by atoms with van der Waals surface area (Å²) < 4.78 is 30.4. The average molecular weight is 301 g/mol. The summed E-state index contributed by atoms with van der Waals surface area (Å²) in [5.74, 6) is 0.849. The smallest absolute Gasteiger partial charge is 0.253 e. The Labute approximate surface area is 114 Å². The van der Waals surface area contributed by atoms with Gasteiger partial charge in [-0.1, -0.05) is 36.9 Å². The molecule has 0 unspecified atom stereocenters. The van der Waals surface area contributed by atoms with Crippen LogP contribution in [0.15, 0.2) is 40.4 Å². The number of nitrogens with zero attached hydrogens (tertiary/aromatic N) is 2. The topological polar surface area (TPSA) is 72.0 Å². The Morgan fingerprint density at radius 3 is 2.72 bits per heavy atom. The summed E-state index contributed by atoms with van der Waals surface area (Å²) in [4.78, 5) is 4.30. The fourth-order valence-electron chi connectivity index (χ4n) is 1.21. The fraction of sp³-hybridized carbons (Fsp3) is 0.200. The molecule has 0 saturated heterocycles. The first kappa shape index (κ1) is 13.3. The third-order valence-electron chi connectivity index (χ3n) is 1.96. The van der Waals surface area contributed by atoms with Crippen LogP contribution in [0, 0.1) is 0 Å². The Morgan fingerprint density at radius 2 is 2.06 bits per heavy atom. The molecule has 0 atom stereocenters. The Bertz CT molecular complexity index is 610. The highest BCUT2D eigenvalue weighted by atomic mass is 32.2. The van der Waals surface area contributed by atoms with E-state index in [2.05, 4.69) is 14.1 Å². The third kappa shape index (κ3) is 3.21. The highest BCUT2D eigenvalue weighted by Crippen LogP contribution is 2.22. The van der Waals surface area contributed by atoms with Gasteiger partial charge < -0.3 is 0 Å². The molecule has 2 rings (SSSR count). The lowest BCUT2D eigenvalue weighted by Crippen LogP contribution is -2.12. The van der Waals surface area contributed by atoms with Crippen LogP contribution in [0.2, 0.25) is 0 Å². The Hall–Kier alpha value is -1.12. The van der Waals surface area contributed by atoms with Crippen LogP contribution >= 0.6 is 23.3 Å². The largest absolute Gasteiger partial charge is 0.263 e. The van der Waals surface area contributed by atoms with Gasteiger partial charge in [0.25, 0.3) is 10.0 Å². The quantitative estimate of drug-likeness (QED) is 0.859. The molecule has 0 aliphatic carbocycles. The number of rotatable bonds is 5. The van der Waals surface area contributed by atoms with Crippen LogP contribution in [0.25, 0.3) is 0 Å². The lowest BCUT2D eigenvalue weighted by atomic mass is 10.4. The number of aromatic nitrogens is 2. The molecule has 0 saturated carbocycles. The highest BCUT2D eigenvalue weighted by molar-refractivity contribution is 7.99. The van der Waals surface area contributed by atoms with Crippen molar-refractivity contribution < 1.29 is 8.42 Å². The monoisotopic (exact) mass is 301 g/mol. The lowest BCUT2D eigenvalue weighted by molar-refractivity contribution is 0.601. The Balaban J connectivity index is 2.17. The first-order valence-electron chi connectivity index (χ1n) is 5.16. The van der Waals surface area contributed by atoms with Crippen LogP contribution in [0.3, 0.4) is 0 Å². The van der Waals surface area contributed by atoms with Gasteiger partial charge in [0, 0.05) is 11.5 Å². The third-order valence-corrected chi connectivity index (χ3v) is 4.92. The van der Waals surface area contributed by atoms with Crippen LogP contribution in [0.4, 0.5) is 5.13 Å². The number of benzene rings is 1. The maximum Gasteiger partial charge on any atom is 0.263 e. The van der Waals surface area contributed by atoms with Crippen LogP contribution < -0.4 is 4.72 Å². The average Bonchev–Trinajstić information content (AvgIpc) is 2.77. The Morgan fingerprint density at radius 1 is 1.33 bits per heavy atom. The van der Waals surface area contributed by atoms with E-state index in [1.165, 1.54) is 23.9 Å². The second kappa shape index (κ2) is 5.68. The second-order valence-corrected chi connectivity index (χ2v) is 6.90. The van der Waals surface area contributed by atoms with Gasteiger partial charge in [-0.25, -0.2) is 8.42 Å². The van der Waals surface area contributed by atoms with E-state index < -0.39 is 10.0 Å². The minimum atomic E-state index is -3.57. The van der Waals surface area contributed by atoms with E-state index in [1.807, 2.05) is 6.92 Å². The van der Waals surface area contributed by atoms with E-state index in [1.54, 1.807) is 18.2 Å². The number of hydrogen-bond acceptors (Lipinski definition) is 6. The summed E-state index contributed by atoms with van der Waals surface area (Å²) in [6.45, 7) is 1.99. The van der Waals surface area contributed by atoms with Crippen LogP contribution in [0.5, 0.6) is 0 Å². The van der Waals surface area contributed by atoms with Gasteiger partial charge in [0.1, 0.15) is 0 Å². The molecule has 0 radical (unpaired) electrons. The number of nitrogens with one attached hydrogen (secondary N) is 1. The number of thioether (sulfide) groups is 1. The summed E-state index contributed by atoms with van der Waals surface area (Å²) in [5.41, 5.74) is 0. The van der Waals surface area contributed by atoms with Crippen molar-refractivity contribution in [2.24, 2.45) is 0 Å². The van der Waals surface area contributed by atoms with Gasteiger partial charge in [-0.2, -0.15) is 9.36 Å².